The monoisotopic (exact) mass is 282 g/mol. The van der Waals surface area contributed by atoms with E-state index in [0.29, 0.717) is 16.5 Å². The van der Waals surface area contributed by atoms with Gasteiger partial charge in [0.2, 0.25) is 0 Å². The van der Waals surface area contributed by atoms with Crippen LogP contribution >= 0.6 is 11.6 Å². The van der Waals surface area contributed by atoms with Crippen molar-refractivity contribution in [2.24, 2.45) is 0 Å². The Hall–Kier alpha value is -2.28. The standard InChI is InChI=1S/C11H11ClN4O3/c1-17-9-14-10(18-2)16-11(15-9)19-8-4-3-6(13)5-7(8)12/h3-5H,13H2,1-2H3. The summed E-state index contributed by atoms with van der Waals surface area (Å²) >= 11 is 5.99. The van der Waals surface area contributed by atoms with E-state index in [9.17, 15) is 0 Å². The van der Waals surface area contributed by atoms with E-state index in [1.165, 1.54) is 14.2 Å². The third-order valence-electron chi connectivity index (χ3n) is 2.10. The van der Waals surface area contributed by atoms with Crippen molar-refractivity contribution in [1.82, 2.24) is 15.0 Å². The van der Waals surface area contributed by atoms with Gasteiger partial charge in [0.15, 0.2) is 0 Å². The molecule has 0 aliphatic rings. The molecule has 0 unspecified atom stereocenters. The van der Waals surface area contributed by atoms with Gasteiger partial charge in [-0.1, -0.05) is 11.6 Å². The third kappa shape index (κ3) is 3.14. The number of anilines is 1. The number of halogens is 1. The van der Waals surface area contributed by atoms with Gasteiger partial charge in [-0.25, -0.2) is 0 Å². The molecule has 19 heavy (non-hydrogen) atoms. The second kappa shape index (κ2) is 5.57. The van der Waals surface area contributed by atoms with Gasteiger partial charge in [-0.3, -0.25) is 0 Å². The van der Waals surface area contributed by atoms with Crippen LogP contribution in [0.4, 0.5) is 5.69 Å². The number of ether oxygens (including phenoxy) is 3. The number of nitrogens with two attached hydrogens (primary N) is 1. The van der Waals surface area contributed by atoms with Gasteiger partial charge in [-0.05, 0) is 18.2 Å². The molecule has 1 aromatic carbocycles. The summed E-state index contributed by atoms with van der Waals surface area (Å²) in [7, 11) is 2.85. The summed E-state index contributed by atoms with van der Waals surface area (Å²) in [5, 5.41) is 0.346. The van der Waals surface area contributed by atoms with Crippen molar-refractivity contribution in [3.05, 3.63) is 23.2 Å². The zero-order valence-electron chi connectivity index (χ0n) is 10.3. The van der Waals surface area contributed by atoms with Gasteiger partial charge in [-0.2, -0.15) is 0 Å². The normalized spacial score (nSPS) is 10.1. The van der Waals surface area contributed by atoms with Crippen molar-refractivity contribution in [2.45, 2.75) is 0 Å². The van der Waals surface area contributed by atoms with Gasteiger partial charge in [0, 0.05) is 5.69 Å². The smallest absolute Gasteiger partial charge is 0.331 e. The van der Waals surface area contributed by atoms with Crippen molar-refractivity contribution in [3.8, 4) is 23.8 Å². The predicted molar refractivity (Wildman–Crippen MR) is 68.9 cm³/mol. The molecule has 1 heterocycles. The molecule has 0 atom stereocenters. The topological polar surface area (TPSA) is 92.4 Å². The van der Waals surface area contributed by atoms with Crippen LogP contribution in [-0.4, -0.2) is 29.2 Å². The number of methoxy groups -OCH3 is 2. The molecule has 2 aromatic rings. The average Bonchev–Trinajstić information content (AvgIpc) is 2.41. The highest BCUT2D eigenvalue weighted by Gasteiger charge is 2.11. The van der Waals surface area contributed by atoms with E-state index in [2.05, 4.69) is 15.0 Å². The van der Waals surface area contributed by atoms with E-state index >= 15 is 0 Å². The molecular weight excluding hydrogens is 272 g/mol. The second-order valence-electron chi connectivity index (χ2n) is 3.38. The Balaban J connectivity index is 2.31. The molecule has 1 aromatic heterocycles. The maximum absolute atomic E-state index is 5.99. The summed E-state index contributed by atoms with van der Waals surface area (Å²) in [6, 6.07) is 4.99. The fourth-order valence-electron chi connectivity index (χ4n) is 1.25. The zero-order chi connectivity index (χ0) is 13.8. The number of hydrogen-bond acceptors (Lipinski definition) is 7. The van der Waals surface area contributed by atoms with Crippen LogP contribution in [0.2, 0.25) is 5.02 Å². The van der Waals surface area contributed by atoms with Crippen LogP contribution in [0.1, 0.15) is 0 Å². The SMILES string of the molecule is COc1nc(OC)nc(Oc2ccc(N)cc2Cl)n1. The van der Waals surface area contributed by atoms with Gasteiger partial charge in [0.05, 0.1) is 19.2 Å². The van der Waals surface area contributed by atoms with Crippen LogP contribution in [0, 0.1) is 0 Å². The zero-order valence-corrected chi connectivity index (χ0v) is 11.0. The highest BCUT2D eigenvalue weighted by atomic mass is 35.5. The molecule has 8 heteroatoms. The van der Waals surface area contributed by atoms with E-state index in [1.807, 2.05) is 0 Å². The second-order valence-corrected chi connectivity index (χ2v) is 3.79. The van der Waals surface area contributed by atoms with Crippen molar-refractivity contribution in [1.29, 1.82) is 0 Å². The highest BCUT2D eigenvalue weighted by Crippen LogP contribution is 2.30. The van der Waals surface area contributed by atoms with Gasteiger partial charge in [-0.15, -0.1) is 15.0 Å². The first-order valence-electron chi connectivity index (χ1n) is 5.19. The molecule has 0 saturated heterocycles. The summed E-state index contributed by atoms with van der Waals surface area (Å²) in [4.78, 5) is 11.7. The van der Waals surface area contributed by atoms with Gasteiger partial charge < -0.3 is 19.9 Å². The summed E-state index contributed by atoms with van der Waals surface area (Å²) in [6.07, 6.45) is 0. The van der Waals surface area contributed by atoms with Crippen molar-refractivity contribution in [3.63, 3.8) is 0 Å². The number of hydrogen-bond donors (Lipinski definition) is 1. The Morgan fingerprint density at radius 3 is 2.11 bits per heavy atom. The molecular formula is C11H11ClN4O3. The summed E-state index contributed by atoms with van der Waals surface area (Å²) in [5.74, 6) is 0.367. The summed E-state index contributed by atoms with van der Waals surface area (Å²) in [5.41, 5.74) is 6.12. The van der Waals surface area contributed by atoms with Gasteiger partial charge in [0.1, 0.15) is 5.75 Å². The first kappa shape index (κ1) is 13.2. The number of aromatic nitrogens is 3. The lowest BCUT2D eigenvalue weighted by Gasteiger charge is -2.08. The number of nitrogen functional groups attached to an aromatic ring is 1. The lowest BCUT2D eigenvalue weighted by molar-refractivity contribution is 0.320. The van der Waals surface area contributed by atoms with Gasteiger partial charge in [0.25, 0.3) is 0 Å². The molecule has 0 fully saturated rings. The molecule has 0 aliphatic carbocycles. The number of rotatable bonds is 4. The van der Waals surface area contributed by atoms with Crippen molar-refractivity contribution in [2.75, 3.05) is 20.0 Å². The lowest BCUT2D eigenvalue weighted by Crippen LogP contribution is -2.01. The van der Waals surface area contributed by atoms with E-state index in [4.69, 9.17) is 31.5 Å². The van der Waals surface area contributed by atoms with E-state index < -0.39 is 0 Å². The predicted octanol–water partition coefficient (Wildman–Crippen LogP) is 1.92. The minimum atomic E-state index is 0.00960. The minimum Gasteiger partial charge on any atom is -0.467 e. The maximum atomic E-state index is 5.99. The number of nitrogens with zero attached hydrogens (tertiary/aromatic N) is 3. The molecule has 2 rings (SSSR count). The van der Waals surface area contributed by atoms with Crippen LogP contribution in [0.15, 0.2) is 18.2 Å². The Kier molecular flexibility index (Phi) is 3.86. The van der Waals surface area contributed by atoms with Crippen LogP contribution in [0.25, 0.3) is 0 Å². The Labute approximate surface area is 114 Å². The van der Waals surface area contributed by atoms with Crippen LogP contribution in [-0.2, 0) is 0 Å². The average molecular weight is 283 g/mol. The molecule has 0 spiro atoms. The lowest BCUT2D eigenvalue weighted by atomic mass is 10.3. The van der Waals surface area contributed by atoms with Crippen molar-refractivity contribution >= 4 is 17.3 Å². The highest BCUT2D eigenvalue weighted by molar-refractivity contribution is 6.32. The summed E-state index contributed by atoms with van der Waals surface area (Å²) < 4.78 is 15.3. The molecule has 7 nitrogen and oxygen atoms in total. The molecule has 0 amide bonds. The molecule has 0 radical (unpaired) electrons. The molecule has 2 N–H and O–H groups in total. The minimum absolute atomic E-state index is 0.00960. The van der Waals surface area contributed by atoms with Crippen LogP contribution in [0.3, 0.4) is 0 Å². The van der Waals surface area contributed by atoms with Gasteiger partial charge >= 0.3 is 18.0 Å². The van der Waals surface area contributed by atoms with Crippen LogP contribution in [0.5, 0.6) is 23.8 Å². The molecule has 0 saturated carbocycles. The fraction of sp³-hybridized carbons (Fsp3) is 0.182. The number of benzene rings is 1. The Morgan fingerprint density at radius 1 is 1.00 bits per heavy atom. The Morgan fingerprint density at radius 2 is 1.58 bits per heavy atom. The quantitative estimate of drug-likeness (QED) is 0.856. The molecule has 100 valence electrons. The van der Waals surface area contributed by atoms with Crippen molar-refractivity contribution < 1.29 is 14.2 Å². The molecule has 0 bridgehead atoms. The van der Waals surface area contributed by atoms with E-state index in [0.717, 1.165) is 0 Å². The Bertz CT molecular complexity index is 572. The largest absolute Gasteiger partial charge is 0.467 e. The van der Waals surface area contributed by atoms with E-state index in [-0.39, 0.29) is 18.0 Å². The van der Waals surface area contributed by atoms with Crippen LogP contribution < -0.4 is 19.9 Å². The first-order chi connectivity index (χ1) is 9.12. The van der Waals surface area contributed by atoms with E-state index in [1.54, 1.807) is 18.2 Å². The third-order valence-corrected chi connectivity index (χ3v) is 2.39. The molecule has 0 aliphatic heterocycles. The fourth-order valence-corrected chi connectivity index (χ4v) is 1.47. The first-order valence-corrected chi connectivity index (χ1v) is 5.57. The maximum Gasteiger partial charge on any atom is 0.331 e. The summed E-state index contributed by atoms with van der Waals surface area (Å²) in [6.45, 7) is 0.